The van der Waals surface area contributed by atoms with E-state index in [4.69, 9.17) is 0 Å². The van der Waals surface area contributed by atoms with Crippen LogP contribution in [0.5, 0.6) is 0 Å². The highest BCUT2D eigenvalue weighted by Gasteiger charge is 2.10. The second-order valence-corrected chi connectivity index (χ2v) is 3.93. The third-order valence-corrected chi connectivity index (χ3v) is 2.59. The molecule has 0 aliphatic rings. The average Bonchev–Trinajstić information content (AvgIpc) is 2.39. The van der Waals surface area contributed by atoms with Crippen molar-refractivity contribution in [2.45, 2.75) is 6.92 Å². The van der Waals surface area contributed by atoms with E-state index < -0.39 is 4.92 Å². The van der Waals surface area contributed by atoms with Gasteiger partial charge in [-0.2, -0.15) is 0 Å². The van der Waals surface area contributed by atoms with Gasteiger partial charge in [0.15, 0.2) is 0 Å². The van der Waals surface area contributed by atoms with Crippen LogP contribution >= 0.6 is 0 Å². The van der Waals surface area contributed by atoms with Crippen molar-refractivity contribution >= 4 is 17.4 Å². The van der Waals surface area contributed by atoms with Gasteiger partial charge < -0.3 is 5.32 Å². The molecule has 0 saturated heterocycles. The Labute approximate surface area is 109 Å². The molecule has 1 aromatic heterocycles. The van der Waals surface area contributed by atoms with E-state index in [-0.39, 0.29) is 17.4 Å². The highest BCUT2D eigenvalue weighted by atomic mass is 16.6. The fourth-order valence-electron chi connectivity index (χ4n) is 1.58. The lowest BCUT2D eigenvalue weighted by molar-refractivity contribution is -0.385. The van der Waals surface area contributed by atoms with Gasteiger partial charge in [0, 0.05) is 11.6 Å². The van der Waals surface area contributed by atoms with E-state index in [0.29, 0.717) is 5.56 Å². The van der Waals surface area contributed by atoms with Crippen LogP contribution < -0.4 is 5.32 Å². The zero-order chi connectivity index (χ0) is 13.8. The molecule has 1 aromatic carbocycles. The third-order valence-electron chi connectivity index (χ3n) is 2.59. The first kappa shape index (κ1) is 12.7. The van der Waals surface area contributed by atoms with Gasteiger partial charge >= 0.3 is 0 Å². The summed E-state index contributed by atoms with van der Waals surface area (Å²) < 4.78 is 0. The lowest BCUT2D eigenvalue weighted by atomic mass is 10.1. The number of nitro groups is 1. The number of aryl methyl sites for hydroxylation is 1. The van der Waals surface area contributed by atoms with Gasteiger partial charge in [-0.25, -0.2) is 4.98 Å². The molecule has 2 aromatic rings. The Morgan fingerprint density at radius 3 is 2.58 bits per heavy atom. The van der Waals surface area contributed by atoms with Gasteiger partial charge in [0.25, 0.3) is 11.6 Å². The summed E-state index contributed by atoms with van der Waals surface area (Å²) in [6.45, 7) is 1.83. The highest BCUT2D eigenvalue weighted by Crippen LogP contribution is 2.14. The Kier molecular flexibility index (Phi) is 3.51. The molecule has 0 fully saturated rings. The van der Waals surface area contributed by atoms with Crippen LogP contribution in [-0.4, -0.2) is 15.8 Å². The molecular formula is C13H11N3O3. The highest BCUT2D eigenvalue weighted by molar-refractivity contribution is 6.04. The molecule has 0 spiro atoms. The number of amides is 1. The van der Waals surface area contributed by atoms with Crippen molar-refractivity contribution in [1.82, 2.24) is 4.98 Å². The van der Waals surface area contributed by atoms with Crippen molar-refractivity contribution in [2.75, 3.05) is 5.32 Å². The summed E-state index contributed by atoms with van der Waals surface area (Å²) in [5, 5.41) is 13.1. The number of rotatable bonds is 3. The molecule has 0 bridgehead atoms. The molecule has 1 N–H and O–H groups in total. The minimum Gasteiger partial charge on any atom is -0.307 e. The largest absolute Gasteiger partial charge is 0.307 e. The van der Waals surface area contributed by atoms with E-state index in [1.807, 2.05) is 19.1 Å². The van der Waals surface area contributed by atoms with Crippen LogP contribution in [0.2, 0.25) is 0 Å². The number of pyridine rings is 1. The van der Waals surface area contributed by atoms with Crippen LogP contribution in [0.3, 0.4) is 0 Å². The monoisotopic (exact) mass is 257 g/mol. The van der Waals surface area contributed by atoms with Gasteiger partial charge in [-0.3, -0.25) is 14.9 Å². The number of hydrogen-bond donors (Lipinski definition) is 1. The van der Waals surface area contributed by atoms with E-state index in [1.54, 1.807) is 12.1 Å². The summed E-state index contributed by atoms with van der Waals surface area (Å²) >= 11 is 0. The maximum absolute atomic E-state index is 12.0. The fourth-order valence-corrected chi connectivity index (χ4v) is 1.58. The second kappa shape index (κ2) is 5.26. The van der Waals surface area contributed by atoms with Crippen molar-refractivity contribution in [2.24, 2.45) is 0 Å². The predicted molar refractivity (Wildman–Crippen MR) is 70.0 cm³/mol. The van der Waals surface area contributed by atoms with E-state index in [1.165, 1.54) is 12.1 Å². The quantitative estimate of drug-likeness (QED) is 0.676. The van der Waals surface area contributed by atoms with Crippen molar-refractivity contribution in [3.8, 4) is 0 Å². The molecule has 2 rings (SSSR count). The zero-order valence-corrected chi connectivity index (χ0v) is 10.2. The molecule has 6 nitrogen and oxygen atoms in total. The first-order valence-electron chi connectivity index (χ1n) is 5.55. The minimum atomic E-state index is -0.542. The number of anilines is 1. The molecule has 96 valence electrons. The fraction of sp³-hybridized carbons (Fsp3) is 0.0769. The predicted octanol–water partition coefficient (Wildman–Crippen LogP) is 2.55. The van der Waals surface area contributed by atoms with Gasteiger partial charge in [-0.05, 0) is 24.6 Å². The van der Waals surface area contributed by atoms with Crippen molar-refractivity contribution in [3.63, 3.8) is 0 Å². The molecule has 0 saturated carbocycles. The van der Waals surface area contributed by atoms with Gasteiger partial charge in [-0.1, -0.05) is 18.2 Å². The summed E-state index contributed by atoms with van der Waals surface area (Å²) in [6, 6.07) is 9.84. The van der Waals surface area contributed by atoms with Gasteiger partial charge in [0.2, 0.25) is 0 Å². The van der Waals surface area contributed by atoms with Crippen LogP contribution in [0.4, 0.5) is 11.5 Å². The second-order valence-electron chi connectivity index (χ2n) is 3.93. The van der Waals surface area contributed by atoms with Crippen LogP contribution in [0.25, 0.3) is 0 Å². The molecule has 19 heavy (non-hydrogen) atoms. The molecule has 0 atom stereocenters. The number of carbonyl (C=O) groups excluding carboxylic acids is 1. The standard InChI is InChI=1S/C13H11N3O3/c1-9-4-2-3-5-11(9)13(17)15-12-7-6-10(8-14-12)16(18)19/h2-8H,1H3,(H,14,15,17). The molecule has 1 heterocycles. The van der Waals surface area contributed by atoms with Crippen LogP contribution in [0.15, 0.2) is 42.6 Å². The summed E-state index contributed by atoms with van der Waals surface area (Å²) in [4.78, 5) is 25.7. The first-order chi connectivity index (χ1) is 9.08. The summed E-state index contributed by atoms with van der Waals surface area (Å²) in [6.07, 6.45) is 1.10. The maximum atomic E-state index is 12.0. The summed E-state index contributed by atoms with van der Waals surface area (Å²) in [5.74, 6) is -0.0155. The Hall–Kier alpha value is -2.76. The zero-order valence-electron chi connectivity index (χ0n) is 10.2. The van der Waals surface area contributed by atoms with Crippen LogP contribution in [0.1, 0.15) is 15.9 Å². The molecule has 6 heteroatoms. The molecule has 0 radical (unpaired) electrons. The van der Waals surface area contributed by atoms with Crippen molar-refractivity contribution in [3.05, 3.63) is 63.8 Å². The van der Waals surface area contributed by atoms with Crippen molar-refractivity contribution in [1.29, 1.82) is 0 Å². The number of hydrogen-bond acceptors (Lipinski definition) is 4. The van der Waals surface area contributed by atoms with Gasteiger partial charge in [-0.15, -0.1) is 0 Å². The number of nitrogens with one attached hydrogen (secondary N) is 1. The van der Waals surface area contributed by atoms with E-state index in [0.717, 1.165) is 11.8 Å². The van der Waals surface area contributed by atoms with Gasteiger partial charge in [0.05, 0.1) is 4.92 Å². The SMILES string of the molecule is Cc1ccccc1C(=O)Nc1ccc([N+](=O)[O-])cn1. The normalized spacial score (nSPS) is 9.95. The Bertz CT molecular complexity index is 623. The maximum Gasteiger partial charge on any atom is 0.287 e. The molecular weight excluding hydrogens is 246 g/mol. The lowest BCUT2D eigenvalue weighted by Gasteiger charge is -2.06. The average molecular weight is 257 g/mol. The van der Waals surface area contributed by atoms with Gasteiger partial charge in [0.1, 0.15) is 12.0 Å². The molecule has 0 aliphatic carbocycles. The molecule has 0 unspecified atom stereocenters. The van der Waals surface area contributed by atoms with E-state index >= 15 is 0 Å². The first-order valence-corrected chi connectivity index (χ1v) is 5.55. The topological polar surface area (TPSA) is 85.1 Å². The Morgan fingerprint density at radius 2 is 2.00 bits per heavy atom. The number of benzene rings is 1. The number of aromatic nitrogens is 1. The summed E-state index contributed by atoms with van der Waals surface area (Å²) in [7, 11) is 0. The Balaban J connectivity index is 2.15. The van der Waals surface area contributed by atoms with Crippen LogP contribution in [0, 0.1) is 17.0 Å². The smallest absolute Gasteiger partial charge is 0.287 e. The summed E-state index contributed by atoms with van der Waals surface area (Å²) in [5.41, 5.74) is 1.28. The lowest BCUT2D eigenvalue weighted by Crippen LogP contribution is -2.14. The molecule has 0 aliphatic heterocycles. The number of carbonyl (C=O) groups is 1. The number of nitrogens with zero attached hydrogens (tertiary/aromatic N) is 2. The van der Waals surface area contributed by atoms with Crippen molar-refractivity contribution < 1.29 is 9.72 Å². The minimum absolute atomic E-state index is 0.117. The van der Waals surface area contributed by atoms with E-state index in [9.17, 15) is 14.9 Å². The van der Waals surface area contributed by atoms with E-state index in [2.05, 4.69) is 10.3 Å². The Morgan fingerprint density at radius 1 is 1.26 bits per heavy atom. The van der Waals surface area contributed by atoms with Crippen LogP contribution in [-0.2, 0) is 0 Å². The molecule has 1 amide bonds. The third kappa shape index (κ3) is 2.92.